The zero-order chi connectivity index (χ0) is 25.3. The van der Waals surface area contributed by atoms with Gasteiger partial charge in [0.25, 0.3) is 5.91 Å². The van der Waals surface area contributed by atoms with E-state index < -0.39 is 47.7 Å². The molecular formula is C24H26F3N3O4. The van der Waals surface area contributed by atoms with Crippen LogP contribution in [0, 0.1) is 5.92 Å². The molecule has 2 aromatic carbocycles. The van der Waals surface area contributed by atoms with Gasteiger partial charge in [0.1, 0.15) is 17.8 Å². The lowest BCUT2D eigenvalue weighted by Gasteiger charge is -2.25. The first kappa shape index (κ1) is 25.1. The molecule has 0 radical (unpaired) electrons. The Labute approximate surface area is 195 Å². The number of urea groups is 1. The lowest BCUT2D eigenvalue weighted by molar-refractivity contribution is -0.138. The Balaban J connectivity index is 1.77. The van der Waals surface area contributed by atoms with Crippen LogP contribution in [-0.2, 0) is 21.3 Å². The molecule has 0 saturated carbocycles. The van der Waals surface area contributed by atoms with Crippen LogP contribution in [0.15, 0.2) is 48.5 Å². The van der Waals surface area contributed by atoms with E-state index in [1.165, 1.54) is 19.1 Å². The van der Waals surface area contributed by atoms with Crippen LogP contribution in [-0.4, -0.2) is 36.4 Å². The summed E-state index contributed by atoms with van der Waals surface area (Å²) in [4.78, 5) is 39.1. The van der Waals surface area contributed by atoms with Gasteiger partial charge >= 0.3 is 12.2 Å². The summed E-state index contributed by atoms with van der Waals surface area (Å²) >= 11 is 0. The van der Waals surface area contributed by atoms with Gasteiger partial charge in [0, 0.05) is 0 Å². The van der Waals surface area contributed by atoms with Gasteiger partial charge in [0.2, 0.25) is 5.91 Å². The van der Waals surface area contributed by atoms with Gasteiger partial charge < -0.3 is 15.4 Å². The summed E-state index contributed by atoms with van der Waals surface area (Å²) in [6.07, 6.45) is -4.61. The molecule has 1 fully saturated rings. The number of methoxy groups -OCH3 is 1. The lowest BCUT2D eigenvalue weighted by Crippen LogP contribution is -2.44. The zero-order valence-electron chi connectivity index (χ0n) is 19.2. The SMILES string of the molecule is COc1ccc(C(NC(=O)CN2C(=O)NC(C)(c3cccc(C(F)(F)F)c3)C2=O)C(C)C)cc1. The zero-order valence-corrected chi connectivity index (χ0v) is 19.2. The molecular weight excluding hydrogens is 451 g/mol. The van der Waals surface area contributed by atoms with Gasteiger partial charge in [0.05, 0.1) is 18.7 Å². The van der Waals surface area contributed by atoms with Crippen molar-refractivity contribution < 1.29 is 32.3 Å². The first-order valence-corrected chi connectivity index (χ1v) is 10.6. The molecule has 1 heterocycles. The minimum Gasteiger partial charge on any atom is -0.497 e. The van der Waals surface area contributed by atoms with E-state index >= 15 is 0 Å². The molecule has 10 heteroatoms. The third-order valence-corrected chi connectivity index (χ3v) is 5.80. The number of hydrogen-bond acceptors (Lipinski definition) is 4. The molecule has 4 amide bonds. The van der Waals surface area contributed by atoms with Crippen LogP contribution in [0.25, 0.3) is 0 Å². The quantitative estimate of drug-likeness (QED) is 0.591. The van der Waals surface area contributed by atoms with E-state index in [9.17, 15) is 27.6 Å². The standard InChI is InChI=1S/C24H26F3N3O4/c1-14(2)20(15-8-10-18(34-4)11-9-15)28-19(31)13-30-21(32)23(3,29-22(30)33)16-6-5-7-17(12-16)24(25,26)27/h5-12,14,20H,13H2,1-4H3,(H,28,31)(H,29,33). The number of imide groups is 1. The van der Waals surface area contributed by atoms with E-state index in [4.69, 9.17) is 4.74 Å². The summed E-state index contributed by atoms with van der Waals surface area (Å²) in [5.41, 5.74) is -1.88. The fraction of sp³-hybridized carbons (Fsp3) is 0.375. The molecule has 0 aromatic heterocycles. The number of carbonyl (C=O) groups excluding carboxylic acids is 3. The molecule has 1 aliphatic heterocycles. The summed E-state index contributed by atoms with van der Waals surface area (Å²) < 4.78 is 44.5. The van der Waals surface area contributed by atoms with Crippen molar-refractivity contribution in [2.24, 2.45) is 5.92 Å². The topological polar surface area (TPSA) is 87.7 Å². The highest BCUT2D eigenvalue weighted by atomic mass is 19.4. The molecule has 3 rings (SSSR count). The van der Waals surface area contributed by atoms with Gasteiger partial charge in [-0.15, -0.1) is 0 Å². The van der Waals surface area contributed by atoms with E-state index in [0.29, 0.717) is 10.6 Å². The Morgan fingerprint density at radius 3 is 2.35 bits per heavy atom. The predicted molar refractivity (Wildman–Crippen MR) is 118 cm³/mol. The monoisotopic (exact) mass is 477 g/mol. The van der Waals surface area contributed by atoms with Crippen LogP contribution >= 0.6 is 0 Å². The number of nitrogens with zero attached hydrogens (tertiary/aromatic N) is 1. The van der Waals surface area contributed by atoms with E-state index in [2.05, 4.69) is 10.6 Å². The average Bonchev–Trinajstić information content (AvgIpc) is 3.01. The number of halogens is 3. The smallest absolute Gasteiger partial charge is 0.416 e. The van der Waals surface area contributed by atoms with Gasteiger partial charge in [-0.2, -0.15) is 13.2 Å². The maximum Gasteiger partial charge on any atom is 0.416 e. The number of ether oxygens (including phenoxy) is 1. The van der Waals surface area contributed by atoms with Crippen molar-refractivity contribution in [1.29, 1.82) is 0 Å². The number of amides is 4. The average molecular weight is 477 g/mol. The lowest BCUT2D eigenvalue weighted by atomic mass is 9.90. The van der Waals surface area contributed by atoms with E-state index in [0.717, 1.165) is 17.7 Å². The minimum atomic E-state index is -4.61. The molecule has 182 valence electrons. The molecule has 0 bridgehead atoms. The van der Waals surface area contributed by atoms with Crippen molar-refractivity contribution in [3.05, 3.63) is 65.2 Å². The van der Waals surface area contributed by atoms with Crippen LogP contribution in [0.5, 0.6) is 5.75 Å². The second-order valence-electron chi connectivity index (χ2n) is 8.59. The Bertz CT molecular complexity index is 1090. The van der Waals surface area contributed by atoms with Gasteiger partial charge in [-0.3, -0.25) is 14.5 Å². The molecule has 1 aliphatic rings. The molecule has 1 saturated heterocycles. The summed E-state index contributed by atoms with van der Waals surface area (Å²) in [6, 6.07) is 10.1. The normalized spacial score (nSPS) is 19.2. The number of carbonyl (C=O) groups is 3. The first-order chi connectivity index (χ1) is 15.9. The highest BCUT2D eigenvalue weighted by Crippen LogP contribution is 2.34. The molecule has 2 N–H and O–H groups in total. The van der Waals surface area contributed by atoms with Crippen molar-refractivity contribution in [2.75, 3.05) is 13.7 Å². The second kappa shape index (κ2) is 9.36. The summed E-state index contributed by atoms with van der Waals surface area (Å²) in [6.45, 7) is 4.56. The van der Waals surface area contributed by atoms with Crippen molar-refractivity contribution in [1.82, 2.24) is 15.5 Å². The molecule has 0 aliphatic carbocycles. The molecule has 0 spiro atoms. The number of nitrogens with one attached hydrogen (secondary N) is 2. The molecule has 34 heavy (non-hydrogen) atoms. The Kier molecular flexibility index (Phi) is 6.90. The van der Waals surface area contributed by atoms with Crippen LogP contribution in [0.4, 0.5) is 18.0 Å². The Hall–Kier alpha value is -3.56. The van der Waals surface area contributed by atoms with E-state index in [1.807, 2.05) is 26.0 Å². The molecule has 7 nitrogen and oxygen atoms in total. The van der Waals surface area contributed by atoms with E-state index in [-0.39, 0.29) is 11.5 Å². The molecule has 2 atom stereocenters. The minimum absolute atomic E-state index is 0.00387. The summed E-state index contributed by atoms with van der Waals surface area (Å²) in [7, 11) is 1.54. The number of hydrogen-bond donors (Lipinski definition) is 2. The van der Waals surface area contributed by atoms with E-state index in [1.54, 1.807) is 19.2 Å². The number of alkyl halides is 3. The fourth-order valence-corrected chi connectivity index (χ4v) is 3.85. The summed E-state index contributed by atoms with van der Waals surface area (Å²) in [5.74, 6) is -0.731. The van der Waals surface area contributed by atoms with Crippen LogP contribution in [0.1, 0.15) is 43.5 Å². The van der Waals surface area contributed by atoms with Crippen molar-refractivity contribution in [3.63, 3.8) is 0 Å². The largest absolute Gasteiger partial charge is 0.497 e. The van der Waals surface area contributed by atoms with Crippen LogP contribution in [0.2, 0.25) is 0 Å². The van der Waals surface area contributed by atoms with Gasteiger partial charge in [0.15, 0.2) is 0 Å². The Morgan fingerprint density at radius 1 is 1.15 bits per heavy atom. The predicted octanol–water partition coefficient (Wildman–Crippen LogP) is 3.99. The maximum atomic E-state index is 13.1. The van der Waals surface area contributed by atoms with Crippen LogP contribution in [0.3, 0.4) is 0 Å². The fourth-order valence-electron chi connectivity index (χ4n) is 3.85. The van der Waals surface area contributed by atoms with Gasteiger partial charge in [-0.1, -0.05) is 38.1 Å². The number of rotatable bonds is 7. The first-order valence-electron chi connectivity index (χ1n) is 10.6. The van der Waals surface area contributed by atoms with Crippen LogP contribution < -0.4 is 15.4 Å². The number of benzene rings is 2. The molecule has 2 unspecified atom stereocenters. The molecule has 2 aromatic rings. The van der Waals surface area contributed by atoms with Crippen molar-refractivity contribution in [2.45, 2.75) is 38.5 Å². The third-order valence-electron chi connectivity index (χ3n) is 5.80. The van der Waals surface area contributed by atoms with Gasteiger partial charge in [-0.05, 0) is 48.2 Å². The van der Waals surface area contributed by atoms with Crippen molar-refractivity contribution >= 4 is 17.8 Å². The highest BCUT2D eigenvalue weighted by Gasteiger charge is 2.50. The highest BCUT2D eigenvalue weighted by molar-refractivity contribution is 6.09. The van der Waals surface area contributed by atoms with Crippen molar-refractivity contribution in [3.8, 4) is 5.75 Å². The summed E-state index contributed by atoms with van der Waals surface area (Å²) in [5, 5.41) is 5.26. The Morgan fingerprint density at radius 2 is 1.79 bits per heavy atom. The second-order valence-corrected chi connectivity index (χ2v) is 8.59. The third kappa shape index (κ3) is 5.00. The van der Waals surface area contributed by atoms with Gasteiger partial charge in [-0.25, -0.2) is 4.79 Å². The maximum absolute atomic E-state index is 13.1.